The van der Waals surface area contributed by atoms with Gasteiger partial charge in [-0.3, -0.25) is 4.79 Å². The summed E-state index contributed by atoms with van der Waals surface area (Å²) in [7, 11) is -4.08. The van der Waals surface area contributed by atoms with Crippen molar-refractivity contribution in [3.8, 4) is 0 Å². The molecule has 32 heavy (non-hydrogen) atoms. The molecule has 3 rings (SSSR count). The molecule has 0 spiro atoms. The molecule has 1 aliphatic heterocycles. The second-order valence-electron chi connectivity index (χ2n) is 6.43. The number of carboxylic acids is 1. The van der Waals surface area contributed by atoms with E-state index in [-0.39, 0.29) is 10.6 Å². The maximum absolute atomic E-state index is 12.3. The van der Waals surface area contributed by atoms with Crippen molar-refractivity contribution < 1.29 is 41.0 Å². The number of hydrogen-bond donors (Lipinski definition) is 2. The van der Waals surface area contributed by atoms with Crippen LogP contribution in [0.3, 0.4) is 0 Å². The second-order valence-corrected chi connectivity index (χ2v) is 8.06. The number of anilines is 1. The number of carbonyl (C=O) groups is 2. The predicted molar refractivity (Wildman–Crippen MR) is 105 cm³/mol. The minimum atomic E-state index is -5.08. The zero-order valence-electron chi connectivity index (χ0n) is 16.7. The summed E-state index contributed by atoms with van der Waals surface area (Å²) in [6.07, 6.45) is -5.08. The summed E-state index contributed by atoms with van der Waals surface area (Å²) in [4.78, 5) is 23.0. The van der Waals surface area contributed by atoms with Crippen LogP contribution in [0.25, 0.3) is 0 Å². The first-order valence-corrected chi connectivity index (χ1v) is 10.5. The largest absolute Gasteiger partial charge is 0.490 e. The molecule has 1 fully saturated rings. The van der Waals surface area contributed by atoms with E-state index in [1.54, 1.807) is 30.3 Å². The fourth-order valence-corrected chi connectivity index (χ4v) is 3.22. The number of alkyl halides is 3. The van der Waals surface area contributed by atoms with Crippen molar-refractivity contribution in [2.75, 3.05) is 31.2 Å². The van der Waals surface area contributed by atoms with Gasteiger partial charge in [0.2, 0.25) is 0 Å². The summed E-state index contributed by atoms with van der Waals surface area (Å²) in [5.74, 6) is -2.89. The van der Waals surface area contributed by atoms with Crippen molar-refractivity contribution in [2.45, 2.75) is 18.1 Å². The monoisotopic (exact) mass is 476 g/mol. The average molecular weight is 476 g/mol. The van der Waals surface area contributed by atoms with Crippen LogP contribution in [-0.4, -0.2) is 68.1 Å². The SMILES string of the molecule is Cc1ccc(C(=O)NS(=O)(=O)c2ccc(N3CCOCC3)nn2)cc1.O=C(O)C(F)(F)F. The van der Waals surface area contributed by atoms with Gasteiger partial charge in [0, 0.05) is 18.7 Å². The number of benzene rings is 1. The smallest absolute Gasteiger partial charge is 0.475 e. The normalized spacial score (nSPS) is 14.2. The van der Waals surface area contributed by atoms with Gasteiger partial charge < -0.3 is 14.7 Å². The van der Waals surface area contributed by atoms with Crippen LogP contribution < -0.4 is 9.62 Å². The van der Waals surface area contributed by atoms with E-state index in [9.17, 15) is 26.4 Å². The van der Waals surface area contributed by atoms with Gasteiger partial charge in [0.1, 0.15) is 0 Å². The standard InChI is InChI=1S/C16H18N4O4S.C2HF3O2/c1-12-2-4-13(5-3-12)16(21)19-25(22,23)15-7-6-14(17-18-15)20-8-10-24-11-9-20;3-2(4,5)1(6)7/h2-7H,8-11H2,1H3,(H,19,21);(H,6,7). The highest BCUT2D eigenvalue weighted by Gasteiger charge is 2.38. The third-order valence-electron chi connectivity index (χ3n) is 4.02. The second kappa shape index (κ2) is 10.4. The highest BCUT2D eigenvalue weighted by molar-refractivity contribution is 7.90. The fourth-order valence-electron chi connectivity index (χ4n) is 2.36. The molecule has 1 aromatic carbocycles. The summed E-state index contributed by atoms with van der Waals surface area (Å²) in [6.45, 7) is 4.41. The van der Waals surface area contributed by atoms with E-state index in [0.717, 1.165) is 5.56 Å². The van der Waals surface area contributed by atoms with E-state index in [4.69, 9.17) is 14.6 Å². The third kappa shape index (κ3) is 7.16. The van der Waals surface area contributed by atoms with Gasteiger partial charge in [-0.1, -0.05) is 17.7 Å². The van der Waals surface area contributed by atoms with Crippen LogP contribution in [0.1, 0.15) is 15.9 Å². The molecule has 0 radical (unpaired) electrons. The van der Waals surface area contributed by atoms with Gasteiger partial charge in [-0.25, -0.2) is 9.52 Å². The van der Waals surface area contributed by atoms with Gasteiger partial charge in [-0.2, -0.15) is 21.6 Å². The van der Waals surface area contributed by atoms with Crippen LogP contribution >= 0.6 is 0 Å². The zero-order chi connectivity index (χ0) is 23.9. The van der Waals surface area contributed by atoms with Gasteiger partial charge in [0.05, 0.1) is 13.2 Å². The summed E-state index contributed by atoms with van der Waals surface area (Å²) in [5, 5.41) is 14.5. The molecule has 0 atom stereocenters. The summed E-state index contributed by atoms with van der Waals surface area (Å²) >= 11 is 0. The number of sulfonamides is 1. The Kier molecular flexibility index (Phi) is 8.10. The van der Waals surface area contributed by atoms with Crippen molar-refractivity contribution in [3.63, 3.8) is 0 Å². The number of aryl methyl sites for hydroxylation is 1. The molecule has 0 bridgehead atoms. The van der Waals surface area contributed by atoms with Crippen LogP contribution in [0.2, 0.25) is 0 Å². The van der Waals surface area contributed by atoms with Crippen LogP contribution in [0.5, 0.6) is 0 Å². The number of rotatable bonds is 4. The van der Waals surface area contributed by atoms with E-state index in [0.29, 0.717) is 32.1 Å². The molecule has 0 unspecified atom stereocenters. The topological polar surface area (TPSA) is 139 Å². The molecule has 0 aliphatic carbocycles. The summed E-state index contributed by atoms with van der Waals surface area (Å²) < 4.78 is 63.6. The van der Waals surface area contributed by atoms with Crippen LogP contribution in [0.4, 0.5) is 19.0 Å². The molecular weight excluding hydrogens is 457 g/mol. The molecule has 0 saturated carbocycles. The molecule has 2 heterocycles. The number of hydrogen-bond acceptors (Lipinski definition) is 8. The van der Waals surface area contributed by atoms with Crippen molar-refractivity contribution in [1.82, 2.24) is 14.9 Å². The number of nitrogens with zero attached hydrogens (tertiary/aromatic N) is 3. The van der Waals surface area contributed by atoms with Crippen molar-refractivity contribution in [1.29, 1.82) is 0 Å². The Morgan fingerprint density at radius 1 is 1.06 bits per heavy atom. The molecular formula is C18H19F3N4O6S. The quantitative estimate of drug-likeness (QED) is 0.670. The highest BCUT2D eigenvalue weighted by atomic mass is 32.2. The number of amides is 1. The lowest BCUT2D eigenvalue weighted by atomic mass is 10.1. The summed E-state index contributed by atoms with van der Waals surface area (Å²) in [5.41, 5.74) is 1.23. The first kappa shape index (κ1) is 25.0. The number of carbonyl (C=O) groups excluding carboxylic acids is 1. The minimum Gasteiger partial charge on any atom is -0.475 e. The molecule has 1 saturated heterocycles. The van der Waals surface area contributed by atoms with Gasteiger partial charge in [-0.15, -0.1) is 10.2 Å². The van der Waals surface area contributed by atoms with Gasteiger partial charge in [0.25, 0.3) is 15.9 Å². The minimum absolute atomic E-state index is 0.257. The maximum Gasteiger partial charge on any atom is 0.490 e. The van der Waals surface area contributed by atoms with E-state index in [1.165, 1.54) is 6.07 Å². The van der Waals surface area contributed by atoms with Crippen LogP contribution in [0, 0.1) is 6.92 Å². The molecule has 14 heteroatoms. The molecule has 2 aromatic rings. The molecule has 1 amide bonds. The molecule has 10 nitrogen and oxygen atoms in total. The summed E-state index contributed by atoms with van der Waals surface area (Å²) in [6, 6.07) is 9.50. The average Bonchev–Trinajstić information content (AvgIpc) is 2.74. The lowest BCUT2D eigenvalue weighted by Gasteiger charge is -2.27. The predicted octanol–water partition coefficient (Wildman–Crippen LogP) is 1.37. The number of aromatic nitrogens is 2. The highest BCUT2D eigenvalue weighted by Crippen LogP contribution is 2.14. The number of carboxylic acid groups (broad SMARTS) is 1. The zero-order valence-corrected chi connectivity index (χ0v) is 17.5. The van der Waals surface area contributed by atoms with E-state index >= 15 is 0 Å². The van der Waals surface area contributed by atoms with Crippen molar-refractivity contribution >= 4 is 27.7 Å². The van der Waals surface area contributed by atoms with Crippen LogP contribution in [-0.2, 0) is 19.6 Å². The van der Waals surface area contributed by atoms with Gasteiger partial charge in [0.15, 0.2) is 10.8 Å². The number of ether oxygens (including phenoxy) is 1. The lowest BCUT2D eigenvalue weighted by Crippen LogP contribution is -2.37. The Hall–Kier alpha value is -3.26. The van der Waals surface area contributed by atoms with Gasteiger partial charge in [-0.05, 0) is 31.2 Å². The van der Waals surface area contributed by atoms with E-state index in [2.05, 4.69) is 10.2 Å². The number of nitrogens with one attached hydrogen (secondary N) is 1. The fraction of sp³-hybridized carbons (Fsp3) is 0.333. The Labute approximate surface area is 181 Å². The molecule has 2 N–H and O–H groups in total. The third-order valence-corrected chi connectivity index (χ3v) is 5.24. The van der Waals surface area contributed by atoms with Crippen molar-refractivity contribution in [2.24, 2.45) is 0 Å². The first-order valence-electron chi connectivity index (χ1n) is 9.00. The number of halogens is 3. The number of aliphatic carboxylic acids is 1. The number of morpholine rings is 1. The van der Waals surface area contributed by atoms with E-state index < -0.39 is 28.1 Å². The Morgan fingerprint density at radius 2 is 1.62 bits per heavy atom. The molecule has 174 valence electrons. The molecule has 1 aliphatic rings. The maximum atomic E-state index is 12.3. The van der Waals surface area contributed by atoms with Crippen LogP contribution in [0.15, 0.2) is 41.4 Å². The van der Waals surface area contributed by atoms with Gasteiger partial charge >= 0.3 is 12.1 Å². The first-order chi connectivity index (χ1) is 14.9. The van der Waals surface area contributed by atoms with Crippen molar-refractivity contribution in [3.05, 3.63) is 47.5 Å². The Morgan fingerprint density at radius 3 is 2.09 bits per heavy atom. The Balaban J connectivity index is 0.000000451. The lowest BCUT2D eigenvalue weighted by molar-refractivity contribution is -0.192. The Bertz CT molecular complexity index is 1040. The molecule has 1 aromatic heterocycles. The van der Waals surface area contributed by atoms with E-state index in [1.807, 2.05) is 16.5 Å².